The van der Waals surface area contributed by atoms with Gasteiger partial charge < -0.3 is 10.1 Å². The van der Waals surface area contributed by atoms with Crippen LogP contribution in [0.15, 0.2) is 48.5 Å². The molecule has 0 radical (unpaired) electrons. The van der Waals surface area contributed by atoms with E-state index >= 15 is 0 Å². The highest BCUT2D eigenvalue weighted by molar-refractivity contribution is 7.92. The Balaban J connectivity index is 2.37. The second-order valence-electron chi connectivity index (χ2n) is 6.43. The zero-order valence-corrected chi connectivity index (χ0v) is 17.9. The Labute approximate surface area is 171 Å². The van der Waals surface area contributed by atoms with E-state index in [1.165, 1.54) is 20.1 Å². The van der Waals surface area contributed by atoms with Gasteiger partial charge >= 0.3 is 0 Å². The summed E-state index contributed by atoms with van der Waals surface area (Å²) in [7, 11) is -2.35. The maximum atomic E-state index is 12.9. The summed E-state index contributed by atoms with van der Waals surface area (Å²) in [5.74, 6) is -0.104. The number of hydrogen-bond acceptors (Lipinski definition) is 4. The highest BCUT2D eigenvalue weighted by Crippen LogP contribution is 2.34. The van der Waals surface area contributed by atoms with Gasteiger partial charge in [0.25, 0.3) is 0 Å². The summed E-state index contributed by atoms with van der Waals surface area (Å²) in [6.45, 7) is 3.49. The van der Waals surface area contributed by atoms with Gasteiger partial charge in [0.2, 0.25) is 15.9 Å². The Morgan fingerprint density at radius 2 is 1.86 bits per heavy atom. The Bertz CT molecular complexity index is 919. The van der Waals surface area contributed by atoms with Crippen LogP contribution in [0, 0.1) is 0 Å². The molecule has 2 aromatic carbocycles. The van der Waals surface area contributed by atoms with E-state index < -0.39 is 22.0 Å². The minimum Gasteiger partial charge on any atom is -0.495 e. The lowest BCUT2D eigenvalue weighted by atomic mass is 10.0. The molecular formula is C20H25ClN2O4S. The van der Waals surface area contributed by atoms with Gasteiger partial charge in [0.1, 0.15) is 11.8 Å². The van der Waals surface area contributed by atoms with Gasteiger partial charge in [0.05, 0.1) is 25.1 Å². The van der Waals surface area contributed by atoms with Gasteiger partial charge in [-0.1, -0.05) is 48.9 Å². The number of carbonyl (C=O) groups is 1. The van der Waals surface area contributed by atoms with Crippen LogP contribution in [-0.2, 0) is 14.8 Å². The second-order valence-corrected chi connectivity index (χ2v) is 8.73. The van der Waals surface area contributed by atoms with E-state index in [4.69, 9.17) is 16.3 Å². The van der Waals surface area contributed by atoms with Gasteiger partial charge in [0, 0.05) is 5.02 Å². The lowest BCUT2D eigenvalue weighted by Crippen LogP contribution is -2.48. The van der Waals surface area contributed by atoms with Crippen molar-refractivity contribution in [2.75, 3.05) is 17.7 Å². The number of nitrogens with zero attached hydrogens (tertiary/aromatic N) is 1. The number of amides is 1. The minimum absolute atomic E-state index is 0.216. The van der Waals surface area contributed by atoms with Crippen LogP contribution in [0.4, 0.5) is 5.69 Å². The molecule has 1 N–H and O–H groups in total. The van der Waals surface area contributed by atoms with E-state index in [0.717, 1.165) is 16.1 Å². The minimum atomic E-state index is -3.78. The number of methoxy groups -OCH3 is 1. The molecule has 2 rings (SSSR count). The lowest BCUT2D eigenvalue weighted by molar-refractivity contribution is -0.122. The van der Waals surface area contributed by atoms with Crippen molar-refractivity contribution >= 4 is 33.2 Å². The maximum absolute atomic E-state index is 12.9. The molecule has 28 heavy (non-hydrogen) atoms. The lowest BCUT2D eigenvalue weighted by Gasteiger charge is -2.30. The standard InChI is InChI=1S/C20H25ClN2O4S/c1-5-17(15-9-7-6-8-10-15)22-20(24)14(2)23(28(4,25)26)18-13-16(21)11-12-19(18)27-3/h6-14,17H,5H2,1-4H3,(H,22,24)/t14-,17-/m0/s1. The number of sulfonamides is 1. The maximum Gasteiger partial charge on any atom is 0.244 e. The molecule has 0 saturated heterocycles. The molecule has 2 aromatic rings. The van der Waals surface area contributed by atoms with E-state index in [0.29, 0.717) is 17.2 Å². The second kappa shape index (κ2) is 9.30. The zero-order chi connectivity index (χ0) is 20.9. The number of anilines is 1. The molecule has 0 aliphatic carbocycles. The number of carbonyl (C=O) groups excluding carboxylic acids is 1. The molecule has 0 saturated carbocycles. The smallest absolute Gasteiger partial charge is 0.244 e. The Morgan fingerprint density at radius 3 is 2.39 bits per heavy atom. The van der Waals surface area contributed by atoms with Crippen LogP contribution in [0.5, 0.6) is 5.75 Å². The van der Waals surface area contributed by atoms with Crippen LogP contribution in [0.2, 0.25) is 5.02 Å². The van der Waals surface area contributed by atoms with Gasteiger partial charge in [-0.05, 0) is 37.1 Å². The largest absolute Gasteiger partial charge is 0.495 e. The van der Waals surface area contributed by atoms with Crippen LogP contribution in [0.3, 0.4) is 0 Å². The fourth-order valence-electron chi connectivity index (χ4n) is 3.02. The summed E-state index contributed by atoms with van der Waals surface area (Å²) in [5.41, 5.74) is 1.17. The zero-order valence-electron chi connectivity index (χ0n) is 16.3. The van der Waals surface area contributed by atoms with Crippen molar-refractivity contribution in [3.8, 4) is 5.75 Å². The molecule has 0 spiro atoms. The van der Waals surface area contributed by atoms with E-state index in [-0.39, 0.29) is 11.7 Å². The Kier molecular flexibility index (Phi) is 7.32. The number of nitrogens with one attached hydrogen (secondary N) is 1. The molecule has 0 bridgehead atoms. The van der Waals surface area contributed by atoms with E-state index in [1.54, 1.807) is 12.1 Å². The van der Waals surface area contributed by atoms with Gasteiger partial charge in [-0.25, -0.2) is 8.42 Å². The quantitative estimate of drug-likeness (QED) is 0.699. The highest BCUT2D eigenvalue weighted by Gasteiger charge is 2.32. The predicted molar refractivity (Wildman–Crippen MR) is 112 cm³/mol. The topological polar surface area (TPSA) is 75.7 Å². The average molecular weight is 425 g/mol. The number of rotatable bonds is 8. The molecule has 0 unspecified atom stereocenters. The predicted octanol–water partition coefficient (Wildman–Crippen LogP) is 3.77. The first-order valence-corrected chi connectivity index (χ1v) is 11.1. The molecule has 0 fully saturated rings. The molecule has 1 amide bonds. The third-order valence-electron chi connectivity index (χ3n) is 4.39. The van der Waals surface area contributed by atoms with Crippen LogP contribution >= 0.6 is 11.6 Å². The number of ether oxygens (including phenoxy) is 1. The molecule has 0 heterocycles. The van der Waals surface area contributed by atoms with Crippen LogP contribution in [0.25, 0.3) is 0 Å². The first-order chi connectivity index (χ1) is 13.2. The van der Waals surface area contributed by atoms with Crippen LogP contribution in [-0.4, -0.2) is 33.7 Å². The molecule has 152 valence electrons. The van der Waals surface area contributed by atoms with Gasteiger partial charge in [0.15, 0.2) is 0 Å². The molecule has 2 atom stereocenters. The number of halogens is 1. The van der Waals surface area contributed by atoms with Crippen molar-refractivity contribution in [2.24, 2.45) is 0 Å². The third-order valence-corrected chi connectivity index (χ3v) is 5.86. The van der Waals surface area contributed by atoms with Gasteiger partial charge in [-0.2, -0.15) is 0 Å². The summed E-state index contributed by atoms with van der Waals surface area (Å²) in [5, 5.41) is 3.28. The number of benzene rings is 2. The number of hydrogen-bond donors (Lipinski definition) is 1. The van der Waals surface area contributed by atoms with E-state index in [9.17, 15) is 13.2 Å². The first kappa shape index (κ1) is 22.0. The van der Waals surface area contributed by atoms with Crippen molar-refractivity contribution in [2.45, 2.75) is 32.4 Å². The summed E-state index contributed by atoms with van der Waals surface area (Å²) < 4.78 is 31.4. The SMILES string of the molecule is CC[C@H](NC(=O)[C@H](C)N(c1cc(Cl)ccc1OC)S(C)(=O)=O)c1ccccc1. The fraction of sp³-hybridized carbons (Fsp3) is 0.350. The molecule has 0 aromatic heterocycles. The molecule has 8 heteroatoms. The van der Waals surface area contributed by atoms with Gasteiger partial charge in [-0.3, -0.25) is 9.10 Å². The van der Waals surface area contributed by atoms with Crippen molar-refractivity contribution in [1.29, 1.82) is 0 Å². The summed E-state index contributed by atoms with van der Waals surface area (Å²) >= 11 is 6.06. The van der Waals surface area contributed by atoms with Crippen molar-refractivity contribution < 1.29 is 17.9 Å². The van der Waals surface area contributed by atoms with E-state index in [2.05, 4.69) is 5.32 Å². The van der Waals surface area contributed by atoms with Crippen molar-refractivity contribution in [3.05, 3.63) is 59.1 Å². The van der Waals surface area contributed by atoms with Crippen LogP contribution < -0.4 is 14.4 Å². The summed E-state index contributed by atoms with van der Waals surface area (Å²) in [6, 6.07) is 13.0. The molecular weight excluding hydrogens is 400 g/mol. The third kappa shape index (κ3) is 5.17. The summed E-state index contributed by atoms with van der Waals surface area (Å²) in [4.78, 5) is 12.9. The molecule has 0 aliphatic heterocycles. The Hall–Kier alpha value is -2.25. The van der Waals surface area contributed by atoms with Gasteiger partial charge in [-0.15, -0.1) is 0 Å². The molecule has 6 nitrogen and oxygen atoms in total. The fourth-order valence-corrected chi connectivity index (χ4v) is 4.35. The average Bonchev–Trinajstić information content (AvgIpc) is 2.65. The van der Waals surface area contributed by atoms with Crippen LogP contribution in [0.1, 0.15) is 31.9 Å². The molecule has 0 aliphatic rings. The normalized spacial score (nSPS) is 13.5. The highest BCUT2D eigenvalue weighted by atomic mass is 35.5. The van der Waals surface area contributed by atoms with Crippen molar-refractivity contribution in [1.82, 2.24) is 5.32 Å². The van der Waals surface area contributed by atoms with Crippen molar-refractivity contribution in [3.63, 3.8) is 0 Å². The van der Waals surface area contributed by atoms with E-state index in [1.807, 2.05) is 37.3 Å². The summed E-state index contributed by atoms with van der Waals surface area (Å²) in [6.07, 6.45) is 1.72. The monoisotopic (exact) mass is 424 g/mol. The Morgan fingerprint density at radius 1 is 1.21 bits per heavy atom. The first-order valence-electron chi connectivity index (χ1n) is 8.87.